The Morgan fingerprint density at radius 1 is 1.11 bits per heavy atom. The van der Waals surface area contributed by atoms with E-state index in [-0.39, 0.29) is 12.5 Å². The predicted molar refractivity (Wildman–Crippen MR) is 107 cm³/mol. The molecule has 1 aliphatic rings. The van der Waals surface area contributed by atoms with Gasteiger partial charge in [-0.05, 0) is 43.4 Å². The molecule has 0 bridgehead atoms. The molecule has 5 nitrogen and oxygen atoms in total. The number of fused-ring (bicyclic) bond motifs is 1. The molecule has 6 heteroatoms. The summed E-state index contributed by atoms with van der Waals surface area (Å²) in [5, 5.41) is 22.1. The highest BCUT2D eigenvalue weighted by atomic mass is 16.4. The zero-order valence-corrected chi connectivity index (χ0v) is 16.0. The monoisotopic (exact) mass is 366 g/mol. The van der Waals surface area contributed by atoms with Crippen molar-refractivity contribution in [2.75, 3.05) is 13.1 Å². The van der Waals surface area contributed by atoms with Crippen LogP contribution in [0.5, 0.6) is 0 Å². The third-order valence-electron chi connectivity index (χ3n) is 5.10. The lowest BCUT2D eigenvalue weighted by Gasteiger charge is -2.29. The van der Waals surface area contributed by atoms with Gasteiger partial charge in [0.05, 0.1) is 12.5 Å². The third kappa shape index (κ3) is 5.42. The number of carbonyl (C=O) groups is 1. The molecule has 1 amide bonds. The summed E-state index contributed by atoms with van der Waals surface area (Å²) in [6.07, 6.45) is 1.31. The van der Waals surface area contributed by atoms with E-state index in [1.54, 1.807) is 0 Å². The highest BCUT2D eigenvalue weighted by molar-refractivity contribution is 6.43. The number of nitrogens with one attached hydrogen (secondary N) is 1. The van der Waals surface area contributed by atoms with E-state index in [4.69, 9.17) is 0 Å². The first-order valence-electron chi connectivity index (χ1n) is 9.42. The second-order valence-electron chi connectivity index (χ2n) is 7.51. The van der Waals surface area contributed by atoms with Crippen molar-refractivity contribution in [3.05, 3.63) is 70.3 Å². The quantitative estimate of drug-likeness (QED) is 0.676. The summed E-state index contributed by atoms with van der Waals surface area (Å²) in [6.45, 7) is 5.90. The summed E-state index contributed by atoms with van der Waals surface area (Å²) < 4.78 is 0. The van der Waals surface area contributed by atoms with Crippen LogP contribution >= 0.6 is 0 Å². The zero-order chi connectivity index (χ0) is 19.4. The van der Waals surface area contributed by atoms with Gasteiger partial charge in [0.2, 0.25) is 5.91 Å². The second kappa shape index (κ2) is 8.70. The lowest BCUT2D eigenvalue weighted by molar-refractivity contribution is -0.122. The molecule has 0 saturated heterocycles. The summed E-state index contributed by atoms with van der Waals surface area (Å²) in [5.41, 5.74) is 5.94. The summed E-state index contributed by atoms with van der Waals surface area (Å²) >= 11 is 0. The van der Waals surface area contributed by atoms with E-state index >= 15 is 0 Å². The van der Waals surface area contributed by atoms with Gasteiger partial charge >= 0.3 is 7.12 Å². The Kier molecular flexibility index (Phi) is 6.32. The van der Waals surface area contributed by atoms with E-state index in [1.165, 1.54) is 16.7 Å². The molecular weight excluding hydrogens is 339 g/mol. The van der Waals surface area contributed by atoms with Gasteiger partial charge in [-0.2, -0.15) is 0 Å². The Morgan fingerprint density at radius 3 is 2.52 bits per heavy atom. The highest BCUT2D eigenvalue weighted by Gasteiger charge is 2.27. The summed E-state index contributed by atoms with van der Waals surface area (Å²) in [7, 11) is -1.60. The van der Waals surface area contributed by atoms with E-state index < -0.39 is 13.1 Å². The van der Waals surface area contributed by atoms with Crippen LogP contribution in [-0.4, -0.2) is 47.0 Å². The van der Waals surface area contributed by atoms with Gasteiger partial charge in [-0.25, -0.2) is 0 Å². The highest BCUT2D eigenvalue weighted by Crippen LogP contribution is 2.20. The fourth-order valence-corrected chi connectivity index (χ4v) is 3.54. The molecule has 27 heavy (non-hydrogen) atoms. The van der Waals surface area contributed by atoms with Crippen molar-refractivity contribution in [3.63, 3.8) is 0 Å². The van der Waals surface area contributed by atoms with Gasteiger partial charge in [0, 0.05) is 13.1 Å². The van der Waals surface area contributed by atoms with Crippen LogP contribution in [0.25, 0.3) is 0 Å². The van der Waals surface area contributed by atoms with Crippen molar-refractivity contribution in [1.29, 1.82) is 0 Å². The van der Waals surface area contributed by atoms with Crippen molar-refractivity contribution < 1.29 is 14.8 Å². The first-order chi connectivity index (χ1) is 12.9. The maximum atomic E-state index is 12.5. The normalized spacial score (nSPS) is 15.1. The van der Waals surface area contributed by atoms with Crippen molar-refractivity contribution in [3.8, 4) is 0 Å². The average Bonchev–Trinajstić information content (AvgIpc) is 2.62. The number of rotatable bonds is 6. The molecule has 0 aliphatic carbocycles. The van der Waals surface area contributed by atoms with Crippen LogP contribution in [0.15, 0.2) is 42.5 Å². The molecule has 2 aromatic rings. The van der Waals surface area contributed by atoms with Crippen LogP contribution in [-0.2, 0) is 24.2 Å². The van der Waals surface area contributed by atoms with E-state index in [0.717, 1.165) is 30.6 Å². The molecule has 2 aromatic carbocycles. The second-order valence-corrected chi connectivity index (χ2v) is 7.51. The molecule has 0 saturated carbocycles. The SMILES string of the molecule is Cc1ccc(C[C@H](NC(=O)CN2CCc3ccc(C)cc3C2)B(O)O)cc1. The maximum Gasteiger partial charge on any atom is 0.475 e. The van der Waals surface area contributed by atoms with Crippen molar-refractivity contribution in [1.82, 2.24) is 10.2 Å². The minimum absolute atomic E-state index is 0.184. The van der Waals surface area contributed by atoms with Gasteiger partial charge in [-0.3, -0.25) is 9.69 Å². The molecule has 0 spiro atoms. The van der Waals surface area contributed by atoms with E-state index in [2.05, 4.69) is 35.3 Å². The van der Waals surface area contributed by atoms with Gasteiger partial charge in [0.25, 0.3) is 0 Å². The van der Waals surface area contributed by atoms with Gasteiger partial charge < -0.3 is 15.4 Å². The zero-order valence-electron chi connectivity index (χ0n) is 16.0. The Hall–Kier alpha value is -2.15. The topological polar surface area (TPSA) is 72.8 Å². The number of nitrogens with zero attached hydrogens (tertiary/aromatic N) is 1. The van der Waals surface area contributed by atoms with Crippen molar-refractivity contribution >= 4 is 13.0 Å². The largest absolute Gasteiger partial charge is 0.475 e. The number of hydrogen-bond donors (Lipinski definition) is 3. The Balaban J connectivity index is 1.57. The minimum atomic E-state index is -1.60. The summed E-state index contributed by atoms with van der Waals surface area (Å²) in [5.74, 6) is -0.907. The number of benzene rings is 2. The molecule has 3 rings (SSSR count). The molecule has 1 aliphatic heterocycles. The molecular formula is C21H27BN2O3. The standard InChI is InChI=1S/C21H27BN2O3/c1-15-3-6-17(7-4-15)12-20(22(26)27)23-21(25)14-24-10-9-18-8-5-16(2)11-19(18)13-24/h3-8,11,20,26-27H,9-10,12-14H2,1-2H3,(H,23,25)/t20-/m0/s1. The molecule has 142 valence electrons. The van der Waals surface area contributed by atoms with Crippen LogP contribution < -0.4 is 5.32 Å². The van der Waals surface area contributed by atoms with Crippen LogP contribution in [0.1, 0.15) is 27.8 Å². The first kappa shape index (κ1) is 19.6. The van der Waals surface area contributed by atoms with Gasteiger partial charge in [-0.1, -0.05) is 53.6 Å². The number of amides is 1. The molecule has 3 N–H and O–H groups in total. The molecule has 0 radical (unpaired) electrons. The van der Waals surface area contributed by atoms with E-state index in [0.29, 0.717) is 6.42 Å². The fraction of sp³-hybridized carbons (Fsp3) is 0.381. The molecule has 1 atom stereocenters. The predicted octanol–water partition coefficient (Wildman–Crippen LogP) is 1.40. The molecule has 0 aromatic heterocycles. The Morgan fingerprint density at radius 2 is 1.81 bits per heavy atom. The van der Waals surface area contributed by atoms with Gasteiger partial charge in [0.15, 0.2) is 0 Å². The molecule has 1 heterocycles. The van der Waals surface area contributed by atoms with Crippen LogP contribution in [0.2, 0.25) is 0 Å². The lowest BCUT2D eigenvalue weighted by atomic mass is 9.76. The summed E-state index contributed by atoms with van der Waals surface area (Å²) in [4.78, 5) is 14.6. The van der Waals surface area contributed by atoms with Crippen LogP contribution in [0, 0.1) is 13.8 Å². The van der Waals surface area contributed by atoms with Gasteiger partial charge in [-0.15, -0.1) is 0 Å². The third-order valence-corrected chi connectivity index (χ3v) is 5.10. The first-order valence-corrected chi connectivity index (χ1v) is 9.42. The fourth-order valence-electron chi connectivity index (χ4n) is 3.54. The Labute approximate surface area is 161 Å². The van der Waals surface area contributed by atoms with Crippen LogP contribution in [0.4, 0.5) is 0 Å². The minimum Gasteiger partial charge on any atom is -0.426 e. The maximum absolute atomic E-state index is 12.5. The van der Waals surface area contributed by atoms with Crippen molar-refractivity contribution in [2.45, 2.75) is 39.2 Å². The molecule has 0 fully saturated rings. The van der Waals surface area contributed by atoms with Gasteiger partial charge in [0.1, 0.15) is 0 Å². The van der Waals surface area contributed by atoms with Crippen molar-refractivity contribution in [2.24, 2.45) is 0 Å². The smallest absolute Gasteiger partial charge is 0.426 e. The molecule has 0 unspecified atom stereocenters. The van der Waals surface area contributed by atoms with E-state index in [1.807, 2.05) is 31.2 Å². The van der Waals surface area contributed by atoms with E-state index in [9.17, 15) is 14.8 Å². The number of aryl methyl sites for hydroxylation is 2. The average molecular weight is 366 g/mol. The lowest BCUT2D eigenvalue weighted by Crippen LogP contribution is -2.51. The van der Waals surface area contributed by atoms with Crippen LogP contribution in [0.3, 0.4) is 0 Å². The number of hydrogen-bond acceptors (Lipinski definition) is 4. The number of carbonyl (C=O) groups excluding carboxylic acids is 1. The Bertz CT molecular complexity index is 793. The summed E-state index contributed by atoms with van der Waals surface area (Å²) in [6, 6.07) is 14.3.